The van der Waals surface area contributed by atoms with Crippen LogP contribution in [0.2, 0.25) is 0 Å². The minimum Gasteiger partial charge on any atom is -0.352 e. The summed E-state index contributed by atoms with van der Waals surface area (Å²) in [6.07, 6.45) is 2.10. The van der Waals surface area contributed by atoms with Gasteiger partial charge in [0.25, 0.3) is 0 Å². The van der Waals surface area contributed by atoms with Gasteiger partial charge in [0.2, 0.25) is 5.91 Å². The first-order valence-electron chi connectivity index (χ1n) is 7.82. The number of aryl methyl sites for hydroxylation is 2. The fraction of sp³-hybridized carbons (Fsp3) is 0.316. The van der Waals surface area contributed by atoms with Gasteiger partial charge in [-0.15, -0.1) is 11.8 Å². The lowest BCUT2D eigenvalue weighted by Crippen LogP contribution is -2.29. The third-order valence-corrected chi connectivity index (χ3v) is 5.34. The van der Waals surface area contributed by atoms with E-state index in [-0.39, 0.29) is 17.0 Å². The van der Waals surface area contributed by atoms with Crippen molar-refractivity contribution in [2.75, 3.05) is 0 Å². The Balaban J connectivity index is 1.88. The molecule has 2 aromatic carbocycles. The predicted molar refractivity (Wildman–Crippen MR) is 92.1 cm³/mol. The monoisotopic (exact) mass is 329 g/mol. The molecule has 1 N–H and O–H groups in total. The highest BCUT2D eigenvalue weighted by Crippen LogP contribution is 2.38. The third kappa shape index (κ3) is 4.14. The van der Waals surface area contributed by atoms with Crippen LogP contribution in [0, 0.1) is 19.7 Å². The Kier molecular flexibility index (Phi) is 4.71. The van der Waals surface area contributed by atoms with Crippen LogP contribution < -0.4 is 5.32 Å². The van der Waals surface area contributed by atoms with Crippen LogP contribution in [0.15, 0.2) is 47.4 Å². The molecule has 4 heteroatoms. The smallest absolute Gasteiger partial charge is 0.238 e. The van der Waals surface area contributed by atoms with Gasteiger partial charge in [0.15, 0.2) is 0 Å². The van der Waals surface area contributed by atoms with Crippen molar-refractivity contribution >= 4 is 17.7 Å². The fourth-order valence-corrected chi connectivity index (χ4v) is 3.61. The van der Waals surface area contributed by atoms with E-state index in [4.69, 9.17) is 0 Å². The third-order valence-electron chi connectivity index (χ3n) is 3.92. The molecule has 0 aromatic heterocycles. The summed E-state index contributed by atoms with van der Waals surface area (Å²) in [5.41, 5.74) is 3.14. The summed E-state index contributed by atoms with van der Waals surface area (Å²) in [5, 5.41) is 2.70. The van der Waals surface area contributed by atoms with Gasteiger partial charge in [-0.2, -0.15) is 0 Å². The summed E-state index contributed by atoms with van der Waals surface area (Å²) in [5.74, 6) is -0.281. The van der Waals surface area contributed by atoms with E-state index in [1.807, 2.05) is 13.8 Å². The van der Waals surface area contributed by atoms with Crippen LogP contribution in [0.4, 0.5) is 4.39 Å². The topological polar surface area (TPSA) is 29.1 Å². The second-order valence-electron chi connectivity index (χ2n) is 6.10. The predicted octanol–water partition coefficient (Wildman–Crippen LogP) is 4.55. The number of halogens is 1. The lowest BCUT2D eigenvalue weighted by molar-refractivity contribution is -0.120. The van der Waals surface area contributed by atoms with E-state index in [0.717, 1.165) is 28.9 Å². The van der Waals surface area contributed by atoms with Crippen molar-refractivity contribution in [3.8, 4) is 0 Å². The van der Waals surface area contributed by atoms with Gasteiger partial charge >= 0.3 is 0 Å². The van der Waals surface area contributed by atoms with Gasteiger partial charge in [-0.1, -0.05) is 29.8 Å². The first kappa shape index (κ1) is 16.1. The standard InChI is InChI=1S/C19H20FNOS/c1-12-3-4-13(2)17(11-12)23-18(19(22)21-16-9-10-16)14-5-7-15(20)8-6-14/h3-8,11,16,18H,9-10H2,1-2H3,(H,21,22)/t18-/m0/s1. The van der Waals surface area contributed by atoms with E-state index in [9.17, 15) is 9.18 Å². The number of thioether (sulfide) groups is 1. The Morgan fingerprint density at radius 1 is 1.17 bits per heavy atom. The van der Waals surface area contributed by atoms with E-state index in [1.165, 1.54) is 29.5 Å². The molecule has 0 spiro atoms. The molecule has 0 aliphatic heterocycles. The molecule has 0 saturated heterocycles. The highest BCUT2D eigenvalue weighted by atomic mass is 32.2. The van der Waals surface area contributed by atoms with E-state index in [2.05, 4.69) is 23.5 Å². The van der Waals surface area contributed by atoms with Crippen LogP contribution in [0.1, 0.15) is 34.8 Å². The molecule has 3 rings (SSSR count). The van der Waals surface area contributed by atoms with E-state index < -0.39 is 0 Å². The van der Waals surface area contributed by atoms with Crippen molar-refractivity contribution in [1.29, 1.82) is 0 Å². The van der Waals surface area contributed by atoms with Crippen molar-refractivity contribution < 1.29 is 9.18 Å². The van der Waals surface area contributed by atoms with E-state index in [1.54, 1.807) is 12.1 Å². The minimum absolute atomic E-state index is 0.00464. The van der Waals surface area contributed by atoms with Gasteiger partial charge in [-0.05, 0) is 56.0 Å². The molecule has 120 valence electrons. The summed E-state index contributed by atoms with van der Waals surface area (Å²) >= 11 is 1.53. The SMILES string of the molecule is Cc1ccc(C)c(S[C@H](C(=O)NC2CC2)c2ccc(F)cc2)c1. The first-order chi connectivity index (χ1) is 11.0. The number of carbonyl (C=O) groups is 1. The maximum absolute atomic E-state index is 13.2. The van der Waals surface area contributed by atoms with Crippen molar-refractivity contribution in [1.82, 2.24) is 5.32 Å². The normalized spacial score (nSPS) is 15.3. The molecular weight excluding hydrogens is 309 g/mol. The number of benzene rings is 2. The molecule has 2 nitrogen and oxygen atoms in total. The number of hydrogen-bond acceptors (Lipinski definition) is 2. The number of carbonyl (C=O) groups excluding carboxylic acids is 1. The van der Waals surface area contributed by atoms with Gasteiger partial charge in [0.05, 0.1) is 0 Å². The number of hydrogen-bond donors (Lipinski definition) is 1. The summed E-state index contributed by atoms with van der Waals surface area (Å²) in [6.45, 7) is 4.09. The molecule has 0 unspecified atom stereocenters. The molecule has 1 atom stereocenters. The number of nitrogens with one attached hydrogen (secondary N) is 1. The molecule has 1 amide bonds. The first-order valence-corrected chi connectivity index (χ1v) is 8.70. The summed E-state index contributed by atoms with van der Waals surface area (Å²) in [6, 6.07) is 12.8. The van der Waals surface area contributed by atoms with Crippen molar-refractivity contribution in [3.63, 3.8) is 0 Å². The lowest BCUT2D eigenvalue weighted by Gasteiger charge is -2.18. The number of rotatable bonds is 5. The minimum atomic E-state index is -0.364. The average Bonchev–Trinajstić information content (AvgIpc) is 3.33. The lowest BCUT2D eigenvalue weighted by atomic mass is 10.1. The van der Waals surface area contributed by atoms with Gasteiger partial charge in [0, 0.05) is 10.9 Å². The van der Waals surface area contributed by atoms with Crippen LogP contribution in [-0.2, 0) is 4.79 Å². The average molecular weight is 329 g/mol. The molecule has 1 aliphatic rings. The molecule has 23 heavy (non-hydrogen) atoms. The van der Waals surface area contributed by atoms with E-state index in [0.29, 0.717) is 6.04 Å². The molecule has 1 fully saturated rings. The zero-order chi connectivity index (χ0) is 16.4. The second-order valence-corrected chi connectivity index (χ2v) is 7.25. The molecule has 1 aliphatic carbocycles. The fourth-order valence-electron chi connectivity index (χ4n) is 2.38. The van der Waals surface area contributed by atoms with Crippen molar-refractivity contribution in [3.05, 3.63) is 65.0 Å². The summed E-state index contributed by atoms with van der Waals surface area (Å²) < 4.78 is 13.2. The number of amides is 1. The molecule has 0 radical (unpaired) electrons. The highest BCUT2D eigenvalue weighted by molar-refractivity contribution is 8.00. The Bertz CT molecular complexity index is 710. The molecule has 0 bridgehead atoms. The van der Waals surface area contributed by atoms with Gasteiger partial charge in [0.1, 0.15) is 11.1 Å². The molecular formula is C19H20FNOS. The zero-order valence-electron chi connectivity index (χ0n) is 13.3. The summed E-state index contributed by atoms with van der Waals surface area (Å²) in [7, 11) is 0. The second kappa shape index (κ2) is 6.75. The van der Waals surface area contributed by atoms with E-state index >= 15 is 0 Å². The molecule has 2 aromatic rings. The largest absolute Gasteiger partial charge is 0.352 e. The van der Waals surface area contributed by atoms with Crippen molar-refractivity contribution in [2.45, 2.75) is 42.9 Å². The summed E-state index contributed by atoms with van der Waals surface area (Å²) in [4.78, 5) is 13.7. The quantitative estimate of drug-likeness (QED) is 0.815. The molecule has 1 saturated carbocycles. The maximum atomic E-state index is 13.2. The Hall–Kier alpha value is -1.81. The van der Waals surface area contributed by atoms with Crippen molar-refractivity contribution in [2.24, 2.45) is 0 Å². The Morgan fingerprint density at radius 3 is 2.52 bits per heavy atom. The molecule has 0 heterocycles. The van der Waals surface area contributed by atoms with Gasteiger partial charge < -0.3 is 5.32 Å². The highest BCUT2D eigenvalue weighted by Gasteiger charge is 2.29. The zero-order valence-corrected chi connectivity index (χ0v) is 14.1. The van der Waals surface area contributed by atoms with Crippen LogP contribution in [0.3, 0.4) is 0 Å². The van der Waals surface area contributed by atoms with Crippen LogP contribution in [0.5, 0.6) is 0 Å². The Morgan fingerprint density at radius 2 is 1.87 bits per heavy atom. The van der Waals surface area contributed by atoms with Gasteiger partial charge in [-0.3, -0.25) is 4.79 Å². The van der Waals surface area contributed by atoms with Gasteiger partial charge in [-0.25, -0.2) is 4.39 Å². The Labute approximate surface area is 140 Å². The van der Waals surface area contributed by atoms with Crippen LogP contribution in [0.25, 0.3) is 0 Å². The maximum Gasteiger partial charge on any atom is 0.238 e. The van der Waals surface area contributed by atoms with Crippen LogP contribution >= 0.6 is 11.8 Å². The van der Waals surface area contributed by atoms with Crippen LogP contribution in [-0.4, -0.2) is 11.9 Å².